The number of para-hydroxylation sites is 1. The summed E-state index contributed by atoms with van der Waals surface area (Å²) in [5.41, 5.74) is 3.30. The molecule has 0 unspecified atom stereocenters. The van der Waals surface area contributed by atoms with E-state index in [1.807, 2.05) is 24.3 Å². The molecule has 1 aromatic carbocycles. The first-order valence-electron chi connectivity index (χ1n) is 6.05. The molecule has 19 heavy (non-hydrogen) atoms. The van der Waals surface area contributed by atoms with Crippen LogP contribution >= 0.6 is 11.3 Å². The zero-order chi connectivity index (χ0) is 13.7. The van der Waals surface area contributed by atoms with E-state index in [0.717, 1.165) is 17.0 Å². The van der Waals surface area contributed by atoms with Crippen LogP contribution in [0.15, 0.2) is 36.4 Å². The van der Waals surface area contributed by atoms with Gasteiger partial charge in [0.25, 0.3) is 5.91 Å². The maximum atomic E-state index is 11.3. The van der Waals surface area contributed by atoms with Crippen LogP contribution < -0.4 is 16.0 Å². The van der Waals surface area contributed by atoms with Crippen molar-refractivity contribution in [2.45, 2.75) is 20.0 Å². The maximum absolute atomic E-state index is 11.3. The Morgan fingerprint density at radius 3 is 2.84 bits per heavy atom. The molecule has 1 amide bonds. The lowest BCUT2D eigenvalue weighted by atomic mass is 10.1. The quantitative estimate of drug-likeness (QED) is 0.501. The second kappa shape index (κ2) is 6.36. The highest BCUT2D eigenvalue weighted by Gasteiger charge is 2.08. The first-order valence-corrected chi connectivity index (χ1v) is 6.86. The fraction of sp³-hybridized carbons (Fsp3) is 0.214. The Kier molecular flexibility index (Phi) is 4.54. The summed E-state index contributed by atoms with van der Waals surface area (Å²) in [6, 6.07) is 11.6. The molecule has 0 aliphatic heterocycles. The van der Waals surface area contributed by atoms with E-state index >= 15 is 0 Å². The molecule has 1 heterocycles. The number of carbonyl (C=O) groups is 1. The first-order chi connectivity index (χ1) is 9.24. The van der Waals surface area contributed by atoms with Crippen molar-refractivity contribution in [2.75, 3.05) is 0 Å². The maximum Gasteiger partial charge on any atom is 0.275 e. The SMILES string of the molecule is CCc1ccccc1OCc1ccc(C(=O)NN)s1. The molecule has 0 saturated carbocycles. The van der Waals surface area contributed by atoms with Gasteiger partial charge < -0.3 is 4.74 Å². The van der Waals surface area contributed by atoms with Crippen LogP contribution in [-0.4, -0.2) is 5.91 Å². The van der Waals surface area contributed by atoms with Crippen molar-refractivity contribution in [3.8, 4) is 5.75 Å². The Bertz CT molecular complexity index is 566. The van der Waals surface area contributed by atoms with Gasteiger partial charge in [0.1, 0.15) is 12.4 Å². The van der Waals surface area contributed by atoms with Gasteiger partial charge >= 0.3 is 0 Å². The second-order valence-electron chi connectivity index (χ2n) is 3.99. The van der Waals surface area contributed by atoms with Gasteiger partial charge in [-0.05, 0) is 30.2 Å². The summed E-state index contributed by atoms with van der Waals surface area (Å²) in [6.07, 6.45) is 0.932. The van der Waals surface area contributed by atoms with Gasteiger partial charge in [-0.2, -0.15) is 0 Å². The van der Waals surface area contributed by atoms with Crippen molar-refractivity contribution in [2.24, 2.45) is 5.84 Å². The van der Waals surface area contributed by atoms with Crippen molar-refractivity contribution >= 4 is 17.2 Å². The van der Waals surface area contributed by atoms with E-state index in [0.29, 0.717) is 11.5 Å². The fourth-order valence-corrected chi connectivity index (χ4v) is 2.56. The monoisotopic (exact) mass is 276 g/mol. The molecule has 4 nitrogen and oxygen atoms in total. The molecule has 0 spiro atoms. The Morgan fingerprint density at radius 2 is 2.11 bits per heavy atom. The summed E-state index contributed by atoms with van der Waals surface area (Å²) in [7, 11) is 0. The zero-order valence-electron chi connectivity index (χ0n) is 10.7. The molecule has 1 aromatic heterocycles. The number of nitrogens with two attached hydrogens (primary N) is 1. The molecule has 2 rings (SSSR count). The van der Waals surface area contributed by atoms with Gasteiger partial charge in [-0.15, -0.1) is 11.3 Å². The zero-order valence-corrected chi connectivity index (χ0v) is 11.5. The van der Waals surface area contributed by atoms with Crippen LogP contribution in [0.4, 0.5) is 0 Å². The number of nitrogens with one attached hydrogen (secondary N) is 1. The van der Waals surface area contributed by atoms with Crippen molar-refractivity contribution in [3.63, 3.8) is 0 Å². The average molecular weight is 276 g/mol. The summed E-state index contributed by atoms with van der Waals surface area (Å²) < 4.78 is 5.79. The highest BCUT2D eigenvalue weighted by molar-refractivity contribution is 7.14. The Balaban J connectivity index is 2.02. The minimum atomic E-state index is -0.273. The van der Waals surface area contributed by atoms with Crippen LogP contribution in [0.2, 0.25) is 0 Å². The van der Waals surface area contributed by atoms with Crippen LogP contribution in [0.5, 0.6) is 5.75 Å². The molecule has 0 aliphatic rings. The summed E-state index contributed by atoms with van der Waals surface area (Å²) in [6.45, 7) is 2.55. The van der Waals surface area contributed by atoms with E-state index in [4.69, 9.17) is 10.6 Å². The second-order valence-corrected chi connectivity index (χ2v) is 5.16. The number of carbonyl (C=O) groups excluding carboxylic acids is 1. The van der Waals surface area contributed by atoms with E-state index in [1.54, 1.807) is 6.07 Å². The highest BCUT2D eigenvalue weighted by Crippen LogP contribution is 2.22. The van der Waals surface area contributed by atoms with Gasteiger partial charge in [0, 0.05) is 4.88 Å². The minimum absolute atomic E-state index is 0.273. The lowest BCUT2D eigenvalue weighted by molar-refractivity contribution is 0.0957. The first kappa shape index (κ1) is 13.6. The van der Waals surface area contributed by atoms with E-state index in [9.17, 15) is 4.79 Å². The summed E-state index contributed by atoms with van der Waals surface area (Å²) in [4.78, 5) is 12.9. The average Bonchev–Trinajstić information content (AvgIpc) is 2.93. The van der Waals surface area contributed by atoms with E-state index in [-0.39, 0.29) is 5.91 Å². The molecule has 0 radical (unpaired) electrons. The predicted octanol–water partition coefficient (Wildman–Crippen LogP) is 2.49. The molecule has 0 fully saturated rings. The lowest BCUT2D eigenvalue weighted by Gasteiger charge is -2.08. The Labute approximate surface area is 116 Å². The Hall–Kier alpha value is -1.85. The van der Waals surface area contributed by atoms with Crippen LogP contribution in [0.25, 0.3) is 0 Å². The van der Waals surface area contributed by atoms with Gasteiger partial charge in [-0.25, -0.2) is 5.84 Å². The third kappa shape index (κ3) is 3.33. The van der Waals surface area contributed by atoms with Gasteiger partial charge in [0.05, 0.1) is 4.88 Å². The largest absolute Gasteiger partial charge is 0.488 e. The standard InChI is InChI=1S/C14H16N2O2S/c1-2-10-5-3-4-6-12(10)18-9-11-7-8-13(19-11)14(17)16-15/h3-8H,2,9,15H2,1H3,(H,16,17). The van der Waals surface area contributed by atoms with Crippen molar-refractivity contribution in [1.82, 2.24) is 5.43 Å². The fourth-order valence-electron chi connectivity index (χ4n) is 1.73. The number of nitrogen functional groups attached to an aromatic ring is 1. The van der Waals surface area contributed by atoms with Crippen molar-refractivity contribution < 1.29 is 9.53 Å². The molecular weight excluding hydrogens is 260 g/mol. The van der Waals surface area contributed by atoms with Crippen LogP contribution in [0, 0.1) is 0 Å². The van der Waals surface area contributed by atoms with Crippen molar-refractivity contribution in [3.05, 3.63) is 51.7 Å². The van der Waals surface area contributed by atoms with E-state index in [2.05, 4.69) is 18.4 Å². The van der Waals surface area contributed by atoms with Crippen molar-refractivity contribution in [1.29, 1.82) is 0 Å². The molecule has 3 N–H and O–H groups in total. The number of aryl methyl sites for hydroxylation is 1. The minimum Gasteiger partial charge on any atom is -0.488 e. The van der Waals surface area contributed by atoms with Crippen LogP contribution in [0.3, 0.4) is 0 Å². The number of hydrogen-bond donors (Lipinski definition) is 2. The molecule has 0 atom stereocenters. The molecular formula is C14H16N2O2S. The smallest absolute Gasteiger partial charge is 0.275 e. The van der Waals surface area contributed by atoms with Gasteiger partial charge in [-0.1, -0.05) is 25.1 Å². The number of ether oxygens (including phenoxy) is 1. The van der Waals surface area contributed by atoms with Crippen LogP contribution in [0.1, 0.15) is 27.0 Å². The Morgan fingerprint density at radius 1 is 1.32 bits per heavy atom. The lowest BCUT2D eigenvalue weighted by Crippen LogP contribution is -2.29. The van der Waals surface area contributed by atoms with Gasteiger partial charge in [0.15, 0.2) is 0 Å². The normalized spacial score (nSPS) is 10.2. The predicted molar refractivity (Wildman–Crippen MR) is 76.1 cm³/mol. The molecule has 100 valence electrons. The number of benzene rings is 1. The van der Waals surface area contributed by atoms with E-state index < -0.39 is 0 Å². The summed E-state index contributed by atoms with van der Waals surface area (Å²) >= 11 is 1.38. The highest BCUT2D eigenvalue weighted by atomic mass is 32.1. The van der Waals surface area contributed by atoms with E-state index in [1.165, 1.54) is 16.9 Å². The van der Waals surface area contributed by atoms with Gasteiger partial charge in [-0.3, -0.25) is 10.2 Å². The molecule has 2 aromatic rings. The molecule has 0 bridgehead atoms. The molecule has 0 aliphatic carbocycles. The van der Waals surface area contributed by atoms with Crippen LogP contribution in [-0.2, 0) is 13.0 Å². The number of amides is 1. The number of thiophene rings is 1. The molecule has 0 saturated heterocycles. The third-order valence-corrected chi connectivity index (χ3v) is 3.80. The number of hydrazine groups is 1. The molecule has 5 heteroatoms. The number of rotatable bonds is 5. The third-order valence-electron chi connectivity index (χ3n) is 2.74. The number of hydrogen-bond acceptors (Lipinski definition) is 4. The summed E-state index contributed by atoms with van der Waals surface area (Å²) in [5.74, 6) is 5.71. The topological polar surface area (TPSA) is 64.3 Å². The summed E-state index contributed by atoms with van der Waals surface area (Å²) in [5, 5.41) is 0. The van der Waals surface area contributed by atoms with Gasteiger partial charge in [0.2, 0.25) is 0 Å².